The molecule has 2 atom stereocenters. The van der Waals surface area contributed by atoms with E-state index in [9.17, 15) is 0 Å². The van der Waals surface area contributed by atoms with E-state index >= 15 is 0 Å². The van der Waals surface area contributed by atoms with Crippen LogP contribution in [0.15, 0.2) is 24.3 Å². The molecule has 1 aliphatic rings. The van der Waals surface area contributed by atoms with Crippen LogP contribution in [0.2, 0.25) is 0 Å². The van der Waals surface area contributed by atoms with E-state index in [-0.39, 0.29) is 0 Å². The summed E-state index contributed by atoms with van der Waals surface area (Å²) >= 11 is 0. The minimum Gasteiger partial charge on any atom is -0.492 e. The highest BCUT2D eigenvalue weighted by Crippen LogP contribution is 2.38. The van der Waals surface area contributed by atoms with Crippen LogP contribution in [0.4, 0.5) is 0 Å². The van der Waals surface area contributed by atoms with E-state index in [2.05, 4.69) is 13.0 Å². The SMILES string of the molecule is CC1CC1COc1ccccc1C#N. The van der Waals surface area contributed by atoms with Gasteiger partial charge in [-0.2, -0.15) is 5.26 Å². The van der Waals surface area contributed by atoms with E-state index in [0.29, 0.717) is 17.2 Å². The summed E-state index contributed by atoms with van der Waals surface area (Å²) in [6, 6.07) is 9.51. The molecule has 1 saturated carbocycles. The van der Waals surface area contributed by atoms with Crippen LogP contribution < -0.4 is 4.74 Å². The van der Waals surface area contributed by atoms with Crippen molar-refractivity contribution in [3.63, 3.8) is 0 Å². The van der Waals surface area contributed by atoms with E-state index in [4.69, 9.17) is 10.00 Å². The first-order valence-electron chi connectivity index (χ1n) is 4.93. The normalized spacial score (nSPS) is 24.0. The fourth-order valence-electron chi connectivity index (χ4n) is 1.51. The van der Waals surface area contributed by atoms with E-state index in [1.165, 1.54) is 6.42 Å². The van der Waals surface area contributed by atoms with Crippen molar-refractivity contribution in [1.29, 1.82) is 5.26 Å². The molecule has 0 aromatic heterocycles. The monoisotopic (exact) mass is 187 g/mol. The number of nitrogens with zero attached hydrogens (tertiary/aromatic N) is 1. The van der Waals surface area contributed by atoms with Crippen molar-refractivity contribution in [3.05, 3.63) is 29.8 Å². The van der Waals surface area contributed by atoms with Gasteiger partial charge in [-0.1, -0.05) is 19.1 Å². The lowest BCUT2D eigenvalue weighted by atomic mass is 10.2. The molecule has 2 unspecified atom stereocenters. The Balaban J connectivity index is 1.98. The summed E-state index contributed by atoms with van der Waals surface area (Å²) in [6.45, 7) is 2.98. The predicted octanol–water partition coefficient (Wildman–Crippen LogP) is 2.59. The molecule has 0 spiro atoms. The molecule has 1 fully saturated rings. The Morgan fingerprint density at radius 2 is 2.21 bits per heavy atom. The number of nitriles is 1. The summed E-state index contributed by atoms with van der Waals surface area (Å²) in [5.41, 5.74) is 0.626. The maximum atomic E-state index is 8.82. The summed E-state index contributed by atoms with van der Waals surface area (Å²) in [5.74, 6) is 2.21. The van der Waals surface area contributed by atoms with Gasteiger partial charge in [-0.25, -0.2) is 0 Å². The molecule has 72 valence electrons. The van der Waals surface area contributed by atoms with Gasteiger partial charge in [-0.05, 0) is 30.4 Å². The first kappa shape index (κ1) is 9.08. The van der Waals surface area contributed by atoms with Crippen LogP contribution in [0.1, 0.15) is 18.9 Å². The molecule has 0 saturated heterocycles. The first-order chi connectivity index (χ1) is 6.81. The average molecular weight is 187 g/mol. The topological polar surface area (TPSA) is 33.0 Å². The molecular formula is C12H13NO. The summed E-state index contributed by atoms with van der Waals surface area (Å²) in [4.78, 5) is 0. The highest BCUT2D eigenvalue weighted by atomic mass is 16.5. The van der Waals surface area contributed by atoms with E-state index < -0.39 is 0 Å². The van der Waals surface area contributed by atoms with Crippen molar-refractivity contribution in [2.45, 2.75) is 13.3 Å². The molecule has 0 radical (unpaired) electrons. The summed E-state index contributed by atoms with van der Waals surface area (Å²) in [5, 5.41) is 8.82. The van der Waals surface area contributed by atoms with Gasteiger partial charge < -0.3 is 4.74 Å². The Bertz CT molecular complexity index is 367. The lowest BCUT2D eigenvalue weighted by Crippen LogP contribution is -2.01. The number of hydrogen-bond acceptors (Lipinski definition) is 2. The van der Waals surface area contributed by atoms with Crippen molar-refractivity contribution in [3.8, 4) is 11.8 Å². The number of para-hydroxylation sites is 1. The Kier molecular flexibility index (Phi) is 2.41. The molecule has 1 aromatic carbocycles. The Morgan fingerprint density at radius 1 is 1.50 bits per heavy atom. The molecule has 14 heavy (non-hydrogen) atoms. The number of benzene rings is 1. The van der Waals surface area contributed by atoms with Crippen molar-refractivity contribution >= 4 is 0 Å². The highest BCUT2D eigenvalue weighted by Gasteiger charge is 2.33. The largest absolute Gasteiger partial charge is 0.492 e. The van der Waals surface area contributed by atoms with Crippen LogP contribution >= 0.6 is 0 Å². The minimum atomic E-state index is 0.626. The third-order valence-electron chi connectivity index (χ3n) is 2.74. The van der Waals surface area contributed by atoms with Gasteiger partial charge in [0.15, 0.2) is 0 Å². The fourth-order valence-corrected chi connectivity index (χ4v) is 1.51. The highest BCUT2D eigenvalue weighted by molar-refractivity contribution is 5.42. The second-order valence-corrected chi connectivity index (χ2v) is 3.89. The van der Waals surface area contributed by atoms with E-state index in [1.807, 2.05) is 18.2 Å². The molecule has 0 N–H and O–H groups in total. The van der Waals surface area contributed by atoms with Crippen LogP contribution in [0, 0.1) is 23.2 Å². The van der Waals surface area contributed by atoms with Gasteiger partial charge in [0.05, 0.1) is 12.2 Å². The molecule has 0 heterocycles. The third kappa shape index (κ3) is 1.88. The predicted molar refractivity (Wildman–Crippen MR) is 53.9 cm³/mol. The molecule has 2 nitrogen and oxygen atoms in total. The number of ether oxygens (including phenoxy) is 1. The van der Waals surface area contributed by atoms with Gasteiger partial charge in [-0.3, -0.25) is 0 Å². The van der Waals surface area contributed by atoms with Crippen LogP contribution in [-0.2, 0) is 0 Å². The minimum absolute atomic E-state index is 0.626. The fraction of sp³-hybridized carbons (Fsp3) is 0.417. The second-order valence-electron chi connectivity index (χ2n) is 3.89. The summed E-state index contributed by atoms with van der Waals surface area (Å²) in [6.07, 6.45) is 1.26. The summed E-state index contributed by atoms with van der Waals surface area (Å²) < 4.78 is 5.60. The van der Waals surface area contributed by atoms with Gasteiger partial charge >= 0.3 is 0 Å². The molecular weight excluding hydrogens is 174 g/mol. The van der Waals surface area contributed by atoms with Gasteiger partial charge in [-0.15, -0.1) is 0 Å². The Hall–Kier alpha value is -1.49. The van der Waals surface area contributed by atoms with Crippen molar-refractivity contribution in [2.75, 3.05) is 6.61 Å². The van der Waals surface area contributed by atoms with E-state index in [1.54, 1.807) is 6.07 Å². The van der Waals surface area contributed by atoms with Gasteiger partial charge in [0.1, 0.15) is 11.8 Å². The maximum absolute atomic E-state index is 8.82. The van der Waals surface area contributed by atoms with Crippen LogP contribution in [0.3, 0.4) is 0 Å². The van der Waals surface area contributed by atoms with Gasteiger partial charge in [0.2, 0.25) is 0 Å². The lowest BCUT2D eigenvalue weighted by molar-refractivity contribution is 0.292. The molecule has 0 bridgehead atoms. The smallest absolute Gasteiger partial charge is 0.137 e. The zero-order valence-corrected chi connectivity index (χ0v) is 8.23. The zero-order valence-electron chi connectivity index (χ0n) is 8.23. The molecule has 2 rings (SSSR count). The van der Waals surface area contributed by atoms with Gasteiger partial charge in [0, 0.05) is 0 Å². The molecule has 2 heteroatoms. The number of hydrogen-bond donors (Lipinski definition) is 0. The first-order valence-corrected chi connectivity index (χ1v) is 4.93. The quantitative estimate of drug-likeness (QED) is 0.728. The number of rotatable bonds is 3. The van der Waals surface area contributed by atoms with Crippen LogP contribution in [-0.4, -0.2) is 6.61 Å². The average Bonchev–Trinajstić information content (AvgIpc) is 2.92. The molecule has 0 aliphatic heterocycles. The summed E-state index contributed by atoms with van der Waals surface area (Å²) in [7, 11) is 0. The standard InChI is InChI=1S/C12H13NO/c1-9-6-11(9)8-14-12-5-3-2-4-10(12)7-13/h2-5,9,11H,6,8H2,1H3. The molecule has 1 aromatic rings. The third-order valence-corrected chi connectivity index (χ3v) is 2.74. The van der Waals surface area contributed by atoms with E-state index in [0.717, 1.165) is 12.5 Å². The molecule has 1 aliphatic carbocycles. The van der Waals surface area contributed by atoms with Crippen molar-refractivity contribution < 1.29 is 4.74 Å². The Labute approximate surface area is 84.1 Å². The van der Waals surface area contributed by atoms with Gasteiger partial charge in [0.25, 0.3) is 0 Å². The Morgan fingerprint density at radius 3 is 2.86 bits per heavy atom. The van der Waals surface area contributed by atoms with Crippen LogP contribution in [0.5, 0.6) is 5.75 Å². The zero-order chi connectivity index (χ0) is 9.97. The van der Waals surface area contributed by atoms with Crippen molar-refractivity contribution in [2.24, 2.45) is 11.8 Å². The van der Waals surface area contributed by atoms with Crippen molar-refractivity contribution in [1.82, 2.24) is 0 Å². The van der Waals surface area contributed by atoms with Crippen LogP contribution in [0.25, 0.3) is 0 Å². The second kappa shape index (κ2) is 3.71. The lowest BCUT2D eigenvalue weighted by Gasteiger charge is -2.06. The maximum Gasteiger partial charge on any atom is 0.137 e. The molecule has 0 amide bonds.